The van der Waals surface area contributed by atoms with Gasteiger partial charge in [0.05, 0.1) is 40.2 Å². The standard InChI is InChI=1S/C31H45N2O2/c1-31(2,35-28-20-13-8-14-21-28)22-25-33(3,4)24-15-23-32-30(34-5)29(26-16-9-6-10-17-26)27-18-11-7-12-19-27/h6,8-10,13-17,20-21,23,27,29H,7,11-12,18-19,22,24-25H2,1-5H3/q+1/b23-15+,32-30?. The third-order valence-electron chi connectivity index (χ3n) is 7.12. The number of likely N-dealkylation sites (N-methyl/N-ethyl adjacent to an activating group) is 1. The number of methoxy groups -OCH3 is 1. The Kier molecular flexibility index (Phi) is 9.97. The van der Waals surface area contributed by atoms with Crippen molar-refractivity contribution >= 4 is 5.90 Å². The molecule has 0 heterocycles. The number of benzene rings is 2. The summed E-state index contributed by atoms with van der Waals surface area (Å²) < 4.78 is 13.0. The highest BCUT2D eigenvalue weighted by Gasteiger charge is 2.30. The average Bonchev–Trinajstić information content (AvgIpc) is 2.86. The van der Waals surface area contributed by atoms with E-state index in [0.717, 1.165) is 35.6 Å². The molecule has 1 aliphatic rings. The SMILES string of the molecule is COC(=N/C=C/C[N+](C)(C)CCC(C)(C)Oc1ccccc1)C(c1ccccc1)C1CCCCC1. The molecule has 0 aliphatic heterocycles. The Bertz CT molecular complexity index is 929. The summed E-state index contributed by atoms with van der Waals surface area (Å²) >= 11 is 0. The Balaban J connectivity index is 1.61. The van der Waals surface area contributed by atoms with Gasteiger partial charge in [0.15, 0.2) is 5.90 Å². The van der Waals surface area contributed by atoms with Crippen molar-refractivity contribution in [1.29, 1.82) is 0 Å². The fourth-order valence-corrected chi connectivity index (χ4v) is 4.98. The molecule has 0 saturated heterocycles. The zero-order valence-corrected chi connectivity index (χ0v) is 22.5. The van der Waals surface area contributed by atoms with Crippen molar-refractivity contribution in [3.8, 4) is 5.75 Å². The monoisotopic (exact) mass is 477 g/mol. The summed E-state index contributed by atoms with van der Waals surface area (Å²) in [5.74, 6) is 2.58. The molecule has 1 atom stereocenters. The quantitative estimate of drug-likeness (QED) is 0.194. The minimum absolute atomic E-state index is 0.217. The summed E-state index contributed by atoms with van der Waals surface area (Å²) in [5, 5.41) is 0. The molecule has 0 amide bonds. The van der Waals surface area contributed by atoms with Crippen molar-refractivity contribution in [1.82, 2.24) is 0 Å². The first kappa shape index (κ1) is 27.0. The molecule has 4 nitrogen and oxygen atoms in total. The number of hydrogen-bond donors (Lipinski definition) is 0. The molecular weight excluding hydrogens is 432 g/mol. The Labute approximate surface area is 213 Å². The lowest BCUT2D eigenvalue weighted by atomic mass is 9.76. The van der Waals surface area contributed by atoms with Crippen molar-refractivity contribution < 1.29 is 14.0 Å². The topological polar surface area (TPSA) is 30.8 Å². The molecule has 0 aromatic heterocycles. The normalized spacial score (nSPS) is 16.9. The highest BCUT2D eigenvalue weighted by atomic mass is 16.5. The van der Waals surface area contributed by atoms with Crippen molar-refractivity contribution in [2.24, 2.45) is 10.9 Å². The van der Waals surface area contributed by atoms with Crippen LogP contribution in [-0.2, 0) is 4.74 Å². The molecule has 1 aliphatic carbocycles. The fraction of sp³-hybridized carbons (Fsp3) is 0.516. The van der Waals surface area contributed by atoms with Crippen molar-refractivity contribution in [3.63, 3.8) is 0 Å². The summed E-state index contributed by atoms with van der Waals surface area (Å²) in [7, 11) is 6.29. The zero-order chi connectivity index (χ0) is 25.2. The van der Waals surface area contributed by atoms with Gasteiger partial charge in [-0.05, 0) is 56.4 Å². The highest BCUT2D eigenvalue weighted by Crippen LogP contribution is 2.37. The third kappa shape index (κ3) is 8.85. The van der Waals surface area contributed by atoms with Crippen LogP contribution in [0.3, 0.4) is 0 Å². The van der Waals surface area contributed by atoms with E-state index in [1.165, 1.54) is 37.7 Å². The second-order valence-electron chi connectivity index (χ2n) is 11.1. The summed E-state index contributed by atoms with van der Waals surface area (Å²) in [6.07, 6.45) is 11.5. The van der Waals surface area contributed by atoms with Gasteiger partial charge in [-0.3, -0.25) is 0 Å². The highest BCUT2D eigenvalue weighted by molar-refractivity contribution is 5.84. The summed E-state index contributed by atoms with van der Waals surface area (Å²) in [6.45, 7) is 6.25. The number of aliphatic imine (C=N–C) groups is 1. The van der Waals surface area contributed by atoms with Gasteiger partial charge in [0.1, 0.15) is 11.4 Å². The molecule has 4 heteroatoms. The molecule has 1 unspecified atom stereocenters. The van der Waals surface area contributed by atoms with Crippen LogP contribution in [0, 0.1) is 5.92 Å². The van der Waals surface area contributed by atoms with Crippen molar-refractivity contribution in [2.45, 2.75) is 63.9 Å². The lowest BCUT2D eigenvalue weighted by Gasteiger charge is -2.33. The molecule has 1 fully saturated rings. The fourth-order valence-electron chi connectivity index (χ4n) is 4.98. The van der Waals surface area contributed by atoms with E-state index in [1.807, 2.05) is 36.5 Å². The van der Waals surface area contributed by atoms with Crippen LogP contribution in [0.15, 0.2) is 77.9 Å². The second kappa shape index (κ2) is 12.9. The maximum absolute atomic E-state index is 6.23. The Morgan fingerprint density at radius 2 is 1.63 bits per heavy atom. The van der Waals surface area contributed by atoms with Gasteiger partial charge in [-0.1, -0.05) is 67.8 Å². The van der Waals surface area contributed by atoms with Crippen molar-refractivity contribution in [3.05, 3.63) is 78.5 Å². The van der Waals surface area contributed by atoms with E-state index in [-0.39, 0.29) is 11.5 Å². The average molecular weight is 478 g/mol. The van der Waals surface area contributed by atoms with E-state index in [1.54, 1.807) is 7.11 Å². The number of rotatable bonds is 11. The van der Waals surface area contributed by atoms with E-state index in [9.17, 15) is 0 Å². The van der Waals surface area contributed by atoms with Gasteiger partial charge >= 0.3 is 0 Å². The number of para-hydroxylation sites is 1. The minimum atomic E-state index is -0.217. The van der Waals surface area contributed by atoms with Gasteiger partial charge in [-0.2, -0.15) is 0 Å². The van der Waals surface area contributed by atoms with Crippen LogP contribution in [0.2, 0.25) is 0 Å². The summed E-state index contributed by atoms with van der Waals surface area (Å²) in [5.41, 5.74) is 1.09. The largest absolute Gasteiger partial charge is 0.488 e. The molecule has 0 bridgehead atoms. The molecule has 1 saturated carbocycles. The molecule has 35 heavy (non-hydrogen) atoms. The van der Waals surface area contributed by atoms with Crippen molar-refractivity contribution in [2.75, 3.05) is 34.3 Å². The van der Waals surface area contributed by atoms with Crippen LogP contribution in [-0.4, -0.2) is 50.3 Å². The van der Waals surface area contributed by atoms with E-state index < -0.39 is 0 Å². The second-order valence-corrected chi connectivity index (χ2v) is 11.1. The number of hydrogen-bond acceptors (Lipinski definition) is 3. The maximum atomic E-state index is 6.23. The first-order valence-electron chi connectivity index (χ1n) is 13.2. The van der Waals surface area contributed by atoms with Crippen LogP contribution in [0.1, 0.15) is 63.9 Å². The van der Waals surface area contributed by atoms with E-state index in [4.69, 9.17) is 14.5 Å². The molecular formula is C31H45N2O2+. The van der Waals surface area contributed by atoms with E-state index >= 15 is 0 Å². The lowest BCUT2D eigenvalue weighted by molar-refractivity contribution is -0.885. The first-order chi connectivity index (χ1) is 16.8. The third-order valence-corrected chi connectivity index (χ3v) is 7.12. The summed E-state index contributed by atoms with van der Waals surface area (Å²) in [4.78, 5) is 4.84. The number of ether oxygens (including phenoxy) is 2. The Morgan fingerprint density at radius 1 is 1.00 bits per heavy atom. The Morgan fingerprint density at radius 3 is 2.26 bits per heavy atom. The molecule has 0 spiro atoms. The van der Waals surface area contributed by atoms with Crippen LogP contribution in [0.4, 0.5) is 0 Å². The van der Waals surface area contributed by atoms with Gasteiger partial charge in [0.2, 0.25) is 0 Å². The molecule has 190 valence electrons. The first-order valence-corrected chi connectivity index (χ1v) is 13.2. The van der Waals surface area contributed by atoms with Crippen LogP contribution < -0.4 is 4.74 Å². The van der Waals surface area contributed by atoms with Gasteiger partial charge in [-0.15, -0.1) is 0 Å². The molecule has 3 rings (SSSR count). The van der Waals surface area contributed by atoms with Gasteiger partial charge < -0.3 is 14.0 Å². The van der Waals surface area contributed by atoms with Crippen LogP contribution in [0.5, 0.6) is 5.75 Å². The van der Waals surface area contributed by atoms with Crippen LogP contribution in [0.25, 0.3) is 0 Å². The van der Waals surface area contributed by atoms with Gasteiger partial charge in [-0.25, -0.2) is 4.99 Å². The molecule has 0 radical (unpaired) electrons. The predicted octanol–water partition coefficient (Wildman–Crippen LogP) is 7.23. The zero-order valence-electron chi connectivity index (χ0n) is 22.5. The molecule has 2 aromatic carbocycles. The lowest BCUT2D eigenvalue weighted by Crippen LogP contribution is -2.44. The smallest absolute Gasteiger partial charge is 0.195 e. The predicted molar refractivity (Wildman–Crippen MR) is 147 cm³/mol. The van der Waals surface area contributed by atoms with Crippen LogP contribution >= 0.6 is 0 Å². The minimum Gasteiger partial charge on any atom is -0.488 e. The number of quaternary nitrogens is 1. The van der Waals surface area contributed by atoms with E-state index in [2.05, 4.69) is 64.4 Å². The number of nitrogens with zero attached hydrogens (tertiary/aromatic N) is 2. The van der Waals surface area contributed by atoms with Gasteiger partial charge in [0, 0.05) is 12.6 Å². The van der Waals surface area contributed by atoms with E-state index in [0.29, 0.717) is 5.92 Å². The Hall–Kier alpha value is -2.59. The molecule has 2 aromatic rings. The van der Waals surface area contributed by atoms with Gasteiger partial charge in [0.25, 0.3) is 0 Å². The maximum Gasteiger partial charge on any atom is 0.195 e. The summed E-state index contributed by atoms with van der Waals surface area (Å²) in [6, 6.07) is 20.8. The molecule has 0 N–H and O–H groups in total.